The number of hydrogen-bond donors (Lipinski definition) is 1. The van der Waals surface area contributed by atoms with Gasteiger partial charge in [-0.15, -0.1) is 0 Å². The van der Waals surface area contributed by atoms with Crippen molar-refractivity contribution >= 4 is 40.9 Å². The number of nitrogens with one attached hydrogen (secondary N) is 1. The van der Waals surface area contributed by atoms with E-state index < -0.39 is 11.8 Å². The van der Waals surface area contributed by atoms with Crippen molar-refractivity contribution in [3.63, 3.8) is 0 Å². The third-order valence-electron chi connectivity index (χ3n) is 4.54. The molecule has 0 unspecified atom stereocenters. The first-order valence-corrected chi connectivity index (χ1v) is 8.43. The number of amides is 2. The number of carbonyl (C=O) groups is 2. The second-order valence-corrected chi connectivity index (χ2v) is 6.40. The quantitative estimate of drug-likeness (QED) is 0.513. The Hall–Kier alpha value is -2.93. The van der Waals surface area contributed by atoms with Gasteiger partial charge in [0.2, 0.25) is 0 Å². The molecule has 1 fully saturated rings. The van der Waals surface area contributed by atoms with E-state index in [0.717, 1.165) is 17.0 Å². The van der Waals surface area contributed by atoms with E-state index in [1.807, 2.05) is 31.5 Å². The van der Waals surface area contributed by atoms with Gasteiger partial charge < -0.3 is 9.30 Å². The van der Waals surface area contributed by atoms with E-state index in [2.05, 4.69) is 5.32 Å². The van der Waals surface area contributed by atoms with Gasteiger partial charge in [0.15, 0.2) is 5.11 Å². The zero-order chi connectivity index (χ0) is 19.0. The summed E-state index contributed by atoms with van der Waals surface area (Å²) in [7, 11) is 3.45. The van der Waals surface area contributed by atoms with Gasteiger partial charge in [-0.2, -0.15) is 0 Å². The monoisotopic (exact) mass is 369 g/mol. The molecule has 0 atom stereocenters. The number of carbonyl (C=O) groups excluding carboxylic acids is 2. The van der Waals surface area contributed by atoms with Gasteiger partial charge in [-0.25, -0.2) is 4.90 Å². The van der Waals surface area contributed by atoms with Crippen LogP contribution in [-0.2, 0) is 16.6 Å². The molecule has 1 aromatic carbocycles. The topological polar surface area (TPSA) is 63.6 Å². The lowest BCUT2D eigenvalue weighted by Crippen LogP contribution is -2.54. The zero-order valence-electron chi connectivity index (χ0n) is 15.0. The van der Waals surface area contributed by atoms with Crippen LogP contribution in [0.2, 0.25) is 0 Å². The summed E-state index contributed by atoms with van der Waals surface area (Å²) in [4.78, 5) is 26.8. The van der Waals surface area contributed by atoms with Gasteiger partial charge in [0.25, 0.3) is 11.8 Å². The highest BCUT2D eigenvalue weighted by atomic mass is 32.1. The van der Waals surface area contributed by atoms with Crippen molar-refractivity contribution < 1.29 is 14.3 Å². The lowest BCUT2D eigenvalue weighted by atomic mass is 10.1. The molecule has 1 aromatic heterocycles. The molecule has 26 heavy (non-hydrogen) atoms. The van der Waals surface area contributed by atoms with Crippen LogP contribution in [0.5, 0.6) is 5.75 Å². The normalized spacial score (nSPS) is 16.2. The number of hydrogen-bond acceptors (Lipinski definition) is 4. The number of aromatic nitrogens is 1. The third-order valence-corrected chi connectivity index (χ3v) is 4.83. The van der Waals surface area contributed by atoms with Gasteiger partial charge in [0, 0.05) is 18.4 Å². The van der Waals surface area contributed by atoms with Crippen LogP contribution in [-0.4, -0.2) is 28.6 Å². The highest BCUT2D eigenvalue weighted by Gasteiger charge is 2.35. The van der Waals surface area contributed by atoms with Crippen LogP contribution in [0.1, 0.15) is 17.0 Å². The number of rotatable bonds is 3. The summed E-state index contributed by atoms with van der Waals surface area (Å²) in [5.41, 5.74) is 3.33. The summed E-state index contributed by atoms with van der Waals surface area (Å²) in [6.07, 6.45) is 1.60. The predicted molar refractivity (Wildman–Crippen MR) is 104 cm³/mol. The molecule has 1 N–H and O–H groups in total. The molecule has 0 spiro atoms. The predicted octanol–water partition coefficient (Wildman–Crippen LogP) is 2.48. The Morgan fingerprint density at radius 2 is 1.88 bits per heavy atom. The first-order valence-electron chi connectivity index (χ1n) is 8.02. The van der Waals surface area contributed by atoms with Crippen LogP contribution in [0.15, 0.2) is 35.9 Å². The van der Waals surface area contributed by atoms with Crippen molar-refractivity contribution in [1.82, 2.24) is 9.88 Å². The summed E-state index contributed by atoms with van der Waals surface area (Å²) in [5, 5.41) is 2.62. The van der Waals surface area contributed by atoms with Crippen LogP contribution in [0, 0.1) is 13.8 Å². The van der Waals surface area contributed by atoms with Crippen LogP contribution >= 0.6 is 12.2 Å². The van der Waals surface area contributed by atoms with Crippen molar-refractivity contribution in [1.29, 1.82) is 0 Å². The fourth-order valence-electron chi connectivity index (χ4n) is 2.88. The number of aryl methyl sites for hydroxylation is 1. The highest BCUT2D eigenvalue weighted by Crippen LogP contribution is 2.31. The SMILES string of the molecule is COc1ccccc1N1C(=O)/C(=C/c2cc(C)n(C)c2C)C(=O)NC1=S. The molecule has 3 rings (SSSR count). The average Bonchev–Trinajstić information content (AvgIpc) is 2.85. The summed E-state index contributed by atoms with van der Waals surface area (Å²) < 4.78 is 7.32. The lowest BCUT2D eigenvalue weighted by Gasteiger charge is -2.29. The molecule has 6 nitrogen and oxygen atoms in total. The van der Waals surface area contributed by atoms with Crippen molar-refractivity contribution in [3.05, 3.63) is 52.9 Å². The maximum Gasteiger partial charge on any atom is 0.270 e. The molecule has 0 aliphatic carbocycles. The first kappa shape index (κ1) is 17.9. The lowest BCUT2D eigenvalue weighted by molar-refractivity contribution is -0.122. The van der Waals surface area contributed by atoms with Crippen molar-refractivity contribution in [2.45, 2.75) is 13.8 Å². The van der Waals surface area contributed by atoms with Gasteiger partial charge in [0.05, 0.1) is 12.8 Å². The zero-order valence-corrected chi connectivity index (χ0v) is 15.8. The second-order valence-electron chi connectivity index (χ2n) is 6.02. The standard InChI is InChI=1S/C19H19N3O3S/c1-11-9-13(12(2)21(11)3)10-14-17(23)20-19(26)22(18(14)24)15-7-5-6-8-16(15)25-4/h5-10H,1-4H3,(H,20,23,26)/b14-10+. The minimum absolute atomic E-state index is 0.0261. The second kappa shape index (κ2) is 6.76. The minimum Gasteiger partial charge on any atom is -0.495 e. The molecule has 2 heterocycles. The van der Waals surface area contributed by atoms with Gasteiger partial charge >= 0.3 is 0 Å². The molecule has 2 amide bonds. The van der Waals surface area contributed by atoms with E-state index in [-0.39, 0.29) is 10.7 Å². The number of para-hydroxylation sites is 2. The Morgan fingerprint density at radius 1 is 1.19 bits per heavy atom. The van der Waals surface area contributed by atoms with Crippen LogP contribution in [0.4, 0.5) is 5.69 Å². The number of ether oxygens (including phenoxy) is 1. The Kier molecular flexibility index (Phi) is 4.65. The van der Waals surface area contributed by atoms with Crippen LogP contribution in [0.25, 0.3) is 6.08 Å². The Balaban J connectivity index is 2.09. The summed E-state index contributed by atoms with van der Waals surface area (Å²) in [5.74, 6) is -0.498. The van der Waals surface area contributed by atoms with E-state index >= 15 is 0 Å². The first-order chi connectivity index (χ1) is 12.3. The fraction of sp³-hybridized carbons (Fsp3) is 0.211. The molecule has 0 radical (unpaired) electrons. The van der Waals surface area contributed by atoms with Gasteiger partial charge in [-0.05, 0) is 55.9 Å². The Bertz CT molecular complexity index is 959. The summed E-state index contributed by atoms with van der Waals surface area (Å²) >= 11 is 5.23. The summed E-state index contributed by atoms with van der Waals surface area (Å²) in [6, 6.07) is 8.96. The van der Waals surface area contributed by atoms with E-state index in [1.165, 1.54) is 12.0 Å². The number of nitrogens with zero attached hydrogens (tertiary/aromatic N) is 2. The number of thiocarbonyl (C=S) groups is 1. The average molecular weight is 369 g/mol. The fourth-order valence-corrected chi connectivity index (χ4v) is 3.15. The van der Waals surface area contributed by atoms with E-state index in [1.54, 1.807) is 30.3 Å². The molecule has 134 valence electrons. The molecule has 7 heteroatoms. The Morgan fingerprint density at radius 3 is 2.50 bits per heavy atom. The minimum atomic E-state index is -0.507. The molecule has 1 aliphatic heterocycles. The number of methoxy groups -OCH3 is 1. The van der Waals surface area contributed by atoms with Gasteiger partial charge in [-0.3, -0.25) is 14.9 Å². The maximum atomic E-state index is 13.1. The van der Waals surface area contributed by atoms with E-state index in [4.69, 9.17) is 17.0 Å². The smallest absolute Gasteiger partial charge is 0.270 e. The third kappa shape index (κ3) is 2.90. The molecular formula is C19H19N3O3S. The largest absolute Gasteiger partial charge is 0.495 e. The van der Waals surface area contributed by atoms with Gasteiger partial charge in [-0.1, -0.05) is 12.1 Å². The van der Waals surface area contributed by atoms with Crippen molar-refractivity contribution in [2.24, 2.45) is 7.05 Å². The van der Waals surface area contributed by atoms with Crippen LogP contribution < -0.4 is 15.0 Å². The van der Waals surface area contributed by atoms with Crippen molar-refractivity contribution in [3.8, 4) is 5.75 Å². The molecular weight excluding hydrogens is 350 g/mol. The summed E-state index contributed by atoms with van der Waals surface area (Å²) in [6.45, 7) is 3.90. The van der Waals surface area contributed by atoms with Gasteiger partial charge in [0.1, 0.15) is 11.3 Å². The van der Waals surface area contributed by atoms with E-state index in [9.17, 15) is 9.59 Å². The number of anilines is 1. The molecule has 1 aliphatic rings. The maximum absolute atomic E-state index is 13.1. The van der Waals surface area contributed by atoms with E-state index in [0.29, 0.717) is 11.4 Å². The number of benzene rings is 1. The highest BCUT2D eigenvalue weighted by molar-refractivity contribution is 7.80. The molecule has 1 saturated heterocycles. The van der Waals surface area contributed by atoms with Crippen molar-refractivity contribution in [2.75, 3.05) is 12.0 Å². The van der Waals surface area contributed by atoms with Crippen LogP contribution in [0.3, 0.4) is 0 Å². The molecule has 0 saturated carbocycles. The Labute approximate surface area is 157 Å². The molecule has 0 bridgehead atoms. The molecule has 2 aromatic rings.